The second-order valence-corrected chi connectivity index (χ2v) is 12.6. The molecule has 2 aromatic rings. The van der Waals surface area contributed by atoms with Gasteiger partial charge in [-0.2, -0.15) is 0 Å². The van der Waals surface area contributed by atoms with Crippen LogP contribution in [0.1, 0.15) is 18.1 Å². The fourth-order valence-electron chi connectivity index (χ4n) is 3.31. The summed E-state index contributed by atoms with van der Waals surface area (Å²) in [6.07, 6.45) is 4.33. The zero-order valence-electron chi connectivity index (χ0n) is 13.8. The number of hydrogen-bond acceptors (Lipinski definition) is 4. The molecule has 1 aromatic heterocycles. The van der Waals surface area contributed by atoms with Gasteiger partial charge in [0.2, 0.25) is 0 Å². The van der Waals surface area contributed by atoms with Crippen LogP contribution in [-0.4, -0.2) is 36.8 Å². The van der Waals surface area contributed by atoms with Crippen molar-refractivity contribution in [1.82, 2.24) is 8.10 Å². The first-order chi connectivity index (χ1) is 12.1. The summed E-state index contributed by atoms with van der Waals surface area (Å²) in [6, 6.07) is 7.86. The van der Waals surface area contributed by atoms with Crippen molar-refractivity contribution in [3.8, 4) is 5.75 Å². The molecule has 0 aliphatic carbocycles. The van der Waals surface area contributed by atoms with Crippen LogP contribution in [0.15, 0.2) is 43.1 Å². The number of aliphatic hydroxyl groups excluding tert-OH is 1. The molecule has 0 saturated carbocycles. The van der Waals surface area contributed by atoms with Crippen molar-refractivity contribution in [3.05, 3.63) is 48.7 Å². The first kappa shape index (κ1) is 20.0. The predicted octanol–water partition coefficient (Wildman–Crippen LogP) is 1.31. The molecule has 1 N–H and O–H groups in total. The molecule has 1 aromatic carbocycles. The molecule has 3 rings (SSSR count). The number of pyridine rings is 1. The van der Waals surface area contributed by atoms with E-state index in [-0.39, 0.29) is 23.3 Å². The predicted molar refractivity (Wildman–Crippen MR) is 114 cm³/mol. The van der Waals surface area contributed by atoms with E-state index in [1.54, 1.807) is 13.3 Å². The molecule has 1 aliphatic rings. The van der Waals surface area contributed by atoms with Gasteiger partial charge in [-0.25, -0.2) is 0 Å². The summed E-state index contributed by atoms with van der Waals surface area (Å²) >= 11 is 4.99. The van der Waals surface area contributed by atoms with E-state index in [0.717, 1.165) is 35.2 Å². The van der Waals surface area contributed by atoms with Gasteiger partial charge in [-0.1, -0.05) is 0 Å². The molecule has 0 amide bonds. The van der Waals surface area contributed by atoms with Gasteiger partial charge in [-0.05, 0) is 0 Å². The Morgan fingerprint density at radius 3 is 2.96 bits per heavy atom. The Kier molecular flexibility index (Phi) is 7.19. The van der Waals surface area contributed by atoms with Crippen molar-refractivity contribution < 1.29 is 27.1 Å². The maximum atomic E-state index is 11.2. The third kappa shape index (κ3) is 4.25. The fraction of sp³-hybridized carbons (Fsp3) is 0.389. The van der Waals surface area contributed by atoms with Crippen LogP contribution in [0.4, 0.5) is 0 Å². The van der Waals surface area contributed by atoms with Crippen LogP contribution in [0, 0.1) is 5.92 Å². The Balaban J connectivity index is 1.96. The Bertz CT molecular complexity index is 758. The minimum absolute atomic E-state index is 0.0794. The first-order valence-electron chi connectivity index (χ1n) is 7.99. The summed E-state index contributed by atoms with van der Waals surface area (Å²) in [7, 11) is 1.66. The van der Waals surface area contributed by atoms with E-state index in [9.17, 15) is 5.11 Å². The Morgan fingerprint density at radius 1 is 1.48 bits per heavy atom. The number of aliphatic hydroxyl groups is 1. The minimum atomic E-state index is -0.547. The first-order valence-corrected chi connectivity index (χ1v) is 16.5. The summed E-state index contributed by atoms with van der Waals surface area (Å²) in [6.45, 7) is 4.95. The number of hydrogen-bond donors (Lipinski definition) is 1. The Hall–Kier alpha value is 0.280. The quantitative estimate of drug-likeness (QED) is 0.225. The second-order valence-electron chi connectivity index (χ2n) is 6.11. The van der Waals surface area contributed by atoms with Crippen LogP contribution in [0.25, 0.3) is 10.9 Å². The SMILES string of the molecule is C=C[C@H]1CN(I)[C@@H]([C@@H](O)c2ccnc3ccc(OC)cc23)C[C@H]1[I-]I. The van der Waals surface area contributed by atoms with Crippen molar-refractivity contribution in [1.29, 1.82) is 0 Å². The van der Waals surface area contributed by atoms with Gasteiger partial charge in [0.25, 0.3) is 0 Å². The van der Waals surface area contributed by atoms with Crippen molar-refractivity contribution in [2.75, 3.05) is 13.7 Å². The number of nitrogens with zero attached hydrogens (tertiary/aromatic N) is 2. The standard InChI is InChI=1S/C18H20I3N2O2/c1-3-11-10-23(20)17(9-15(11)21-19)18(24)13-6-7-22-16-5-4-12(25-2)8-14(13)16/h3-8,11,15,17-18,24H,1,9-10H2,2H3/q-1/t11-,15+,17+,18-/m0/s1. The van der Waals surface area contributed by atoms with Crippen LogP contribution in [0.2, 0.25) is 0 Å². The van der Waals surface area contributed by atoms with E-state index in [0.29, 0.717) is 9.84 Å². The summed E-state index contributed by atoms with van der Waals surface area (Å²) in [4.78, 5) is 4.43. The normalized spacial score (nSPS) is 25.8. The molecule has 7 heteroatoms. The van der Waals surface area contributed by atoms with Crippen LogP contribution in [0.5, 0.6) is 5.75 Å². The molecular formula is C18H20I3N2O2-. The molecule has 4 atom stereocenters. The monoisotopic (exact) mass is 677 g/mol. The zero-order chi connectivity index (χ0) is 18.0. The van der Waals surface area contributed by atoms with Gasteiger partial charge in [-0.15, -0.1) is 0 Å². The molecule has 1 fully saturated rings. The zero-order valence-corrected chi connectivity index (χ0v) is 20.3. The van der Waals surface area contributed by atoms with E-state index >= 15 is 0 Å². The van der Waals surface area contributed by atoms with Gasteiger partial charge in [0.15, 0.2) is 0 Å². The van der Waals surface area contributed by atoms with Crippen LogP contribution < -0.4 is 22.0 Å². The third-order valence-electron chi connectivity index (χ3n) is 4.75. The molecule has 0 bridgehead atoms. The van der Waals surface area contributed by atoms with E-state index in [1.165, 1.54) is 0 Å². The Labute approximate surface area is 182 Å². The number of aromatic nitrogens is 1. The summed E-state index contributed by atoms with van der Waals surface area (Å²) in [5, 5.41) is 12.2. The fourth-order valence-corrected chi connectivity index (χ4v) is 9.51. The third-order valence-corrected chi connectivity index (χ3v) is 12.0. The molecule has 2 heterocycles. The van der Waals surface area contributed by atoms with Gasteiger partial charge in [0.05, 0.1) is 0 Å². The van der Waals surface area contributed by atoms with Gasteiger partial charge < -0.3 is 0 Å². The second kappa shape index (κ2) is 8.98. The number of methoxy groups -OCH3 is 1. The molecule has 0 unspecified atom stereocenters. The number of benzene rings is 1. The molecule has 4 nitrogen and oxygen atoms in total. The van der Waals surface area contributed by atoms with Crippen LogP contribution in [-0.2, 0) is 0 Å². The van der Waals surface area contributed by atoms with Gasteiger partial charge in [0, 0.05) is 0 Å². The summed E-state index contributed by atoms with van der Waals surface area (Å²) in [5.74, 6) is 1.31. The molecule has 136 valence electrons. The number of fused-ring (bicyclic) bond motifs is 1. The number of piperidine rings is 1. The number of halogens is 3. The average molecular weight is 677 g/mol. The topological polar surface area (TPSA) is 45.6 Å². The molecular weight excluding hydrogens is 657 g/mol. The van der Waals surface area contributed by atoms with Crippen molar-refractivity contribution in [2.24, 2.45) is 5.92 Å². The van der Waals surface area contributed by atoms with Gasteiger partial charge in [-0.3, -0.25) is 0 Å². The molecule has 0 spiro atoms. The van der Waals surface area contributed by atoms with E-state index in [4.69, 9.17) is 4.74 Å². The molecule has 1 aliphatic heterocycles. The van der Waals surface area contributed by atoms with Crippen molar-refractivity contribution in [3.63, 3.8) is 0 Å². The maximum absolute atomic E-state index is 11.2. The molecule has 1 saturated heterocycles. The van der Waals surface area contributed by atoms with Crippen molar-refractivity contribution in [2.45, 2.75) is 22.5 Å². The number of alkyl halides is 1. The molecule has 0 radical (unpaired) electrons. The molecule has 25 heavy (non-hydrogen) atoms. The Morgan fingerprint density at radius 2 is 2.28 bits per heavy atom. The number of rotatable bonds is 5. The van der Waals surface area contributed by atoms with Gasteiger partial charge >= 0.3 is 184 Å². The van der Waals surface area contributed by atoms with Crippen molar-refractivity contribution >= 4 is 52.4 Å². The number of ether oxygens (including phenoxy) is 1. The average Bonchev–Trinajstić information content (AvgIpc) is 2.66. The summed E-state index contributed by atoms with van der Waals surface area (Å²) in [5.41, 5.74) is 1.81. The van der Waals surface area contributed by atoms with Crippen LogP contribution in [0.3, 0.4) is 0 Å². The van der Waals surface area contributed by atoms with E-state index in [1.807, 2.05) is 24.3 Å². The van der Waals surface area contributed by atoms with E-state index in [2.05, 4.69) is 62.2 Å². The summed E-state index contributed by atoms with van der Waals surface area (Å²) < 4.78 is 8.27. The van der Waals surface area contributed by atoms with E-state index < -0.39 is 6.10 Å². The van der Waals surface area contributed by atoms with Gasteiger partial charge in [0.1, 0.15) is 0 Å². The van der Waals surface area contributed by atoms with Crippen LogP contribution >= 0.6 is 41.5 Å².